The van der Waals surface area contributed by atoms with E-state index in [1.807, 2.05) is 24.3 Å². The van der Waals surface area contributed by atoms with E-state index in [4.69, 9.17) is 4.74 Å². The fraction of sp³-hybridized carbons (Fsp3) is 0. The van der Waals surface area contributed by atoms with Crippen LogP contribution in [0.15, 0.2) is 59.2 Å². The maximum Gasteiger partial charge on any atom is 0.339 e. The van der Waals surface area contributed by atoms with Gasteiger partial charge in [-0.25, -0.2) is 4.79 Å². The number of aromatic nitrogens is 1. The normalized spacial score (nSPS) is 10.5. The molecule has 1 aromatic heterocycles. The zero-order chi connectivity index (χ0) is 14.8. The first-order chi connectivity index (χ1) is 10.1. The molecule has 0 aliphatic carbocycles. The number of para-hydroxylation sites is 1. The molecule has 5 heteroatoms. The van der Waals surface area contributed by atoms with E-state index in [0.29, 0.717) is 15.7 Å². The number of aromatic carboxylic acids is 1. The Hall–Kier alpha value is -2.40. The van der Waals surface area contributed by atoms with Gasteiger partial charge in [-0.2, -0.15) is 0 Å². The average molecular weight is 344 g/mol. The molecule has 3 rings (SSSR count). The molecule has 0 saturated carbocycles. The highest BCUT2D eigenvalue weighted by molar-refractivity contribution is 9.10. The maximum absolute atomic E-state index is 11.3. The van der Waals surface area contributed by atoms with Gasteiger partial charge < -0.3 is 9.84 Å². The minimum Gasteiger partial charge on any atom is -0.478 e. The van der Waals surface area contributed by atoms with E-state index >= 15 is 0 Å². The third kappa shape index (κ3) is 2.73. The van der Waals surface area contributed by atoms with Crippen LogP contribution < -0.4 is 4.74 Å². The van der Waals surface area contributed by atoms with Gasteiger partial charge in [-0.05, 0) is 30.3 Å². The molecule has 0 fully saturated rings. The number of hydrogen-bond acceptors (Lipinski definition) is 3. The Morgan fingerprint density at radius 1 is 1.10 bits per heavy atom. The van der Waals surface area contributed by atoms with Gasteiger partial charge in [-0.1, -0.05) is 34.1 Å². The summed E-state index contributed by atoms with van der Waals surface area (Å²) in [6, 6.07) is 14.2. The second-order valence-corrected chi connectivity index (χ2v) is 5.29. The third-order valence-corrected chi connectivity index (χ3v) is 3.48. The molecule has 21 heavy (non-hydrogen) atoms. The van der Waals surface area contributed by atoms with E-state index in [9.17, 15) is 9.90 Å². The summed E-state index contributed by atoms with van der Waals surface area (Å²) in [7, 11) is 0. The Morgan fingerprint density at radius 2 is 1.90 bits per heavy atom. The van der Waals surface area contributed by atoms with Crippen molar-refractivity contribution < 1.29 is 14.6 Å². The molecule has 0 spiro atoms. The second kappa shape index (κ2) is 5.54. The van der Waals surface area contributed by atoms with Gasteiger partial charge in [0.05, 0.1) is 0 Å². The summed E-state index contributed by atoms with van der Waals surface area (Å²) in [4.78, 5) is 15.6. The Balaban J connectivity index is 2.09. The lowest BCUT2D eigenvalue weighted by atomic mass is 10.2. The summed E-state index contributed by atoms with van der Waals surface area (Å²) in [5.41, 5.74) is 0.788. The van der Waals surface area contributed by atoms with E-state index in [1.165, 1.54) is 6.07 Å². The number of hydrogen-bond donors (Lipinski definition) is 1. The number of rotatable bonds is 3. The van der Waals surface area contributed by atoms with Crippen LogP contribution in [-0.2, 0) is 0 Å². The van der Waals surface area contributed by atoms with Crippen molar-refractivity contribution in [1.82, 2.24) is 4.98 Å². The molecule has 0 saturated heterocycles. The molecule has 0 aliphatic heterocycles. The third-order valence-electron chi connectivity index (χ3n) is 2.99. The van der Waals surface area contributed by atoms with Crippen molar-refractivity contribution in [1.29, 1.82) is 0 Å². The van der Waals surface area contributed by atoms with Gasteiger partial charge in [0.15, 0.2) is 5.75 Å². The van der Waals surface area contributed by atoms with Gasteiger partial charge in [0.2, 0.25) is 0 Å². The molecule has 1 N–H and O–H groups in total. The summed E-state index contributed by atoms with van der Waals surface area (Å²) < 4.78 is 6.46. The minimum atomic E-state index is -1.04. The molecule has 0 atom stereocenters. The lowest BCUT2D eigenvalue weighted by Crippen LogP contribution is -2.00. The maximum atomic E-state index is 11.3. The topological polar surface area (TPSA) is 59.4 Å². The molecular weight excluding hydrogens is 334 g/mol. The molecule has 0 amide bonds. The van der Waals surface area contributed by atoms with Crippen LogP contribution in [0.2, 0.25) is 0 Å². The van der Waals surface area contributed by atoms with Crippen LogP contribution in [0.3, 0.4) is 0 Å². The highest BCUT2D eigenvalue weighted by atomic mass is 79.9. The number of benzene rings is 2. The van der Waals surface area contributed by atoms with E-state index in [-0.39, 0.29) is 11.3 Å². The molecule has 2 aromatic carbocycles. The Bertz CT molecular complexity index is 827. The molecule has 0 radical (unpaired) electrons. The first kappa shape index (κ1) is 13.6. The van der Waals surface area contributed by atoms with Gasteiger partial charge in [0.25, 0.3) is 0 Å². The van der Waals surface area contributed by atoms with Crippen molar-refractivity contribution in [2.75, 3.05) is 0 Å². The van der Waals surface area contributed by atoms with Crippen LogP contribution in [0.1, 0.15) is 10.4 Å². The predicted octanol–water partition coefficient (Wildman–Crippen LogP) is 4.49. The number of fused-ring (bicyclic) bond motifs is 1. The largest absolute Gasteiger partial charge is 0.478 e. The lowest BCUT2D eigenvalue weighted by molar-refractivity contribution is 0.0694. The summed E-state index contributed by atoms with van der Waals surface area (Å²) in [6.07, 6.45) is 1.68. The fourth-order valence-electron chi connectivity index (χ4n) is 2.04. The SMILES string of the molecule is O=C(O)c1cc(Br)ccc1Oc1cccc2cccnc12. The van der Waals surface area contributed by atoms with Gasteiger partial charge in [0, 0.05) is 16.1 Å². The predicted molar refractivity (Wildman–Crippen MR) is 82.9 cm³/mol. The number of ether oxygens (including phenoxy) is 1. The Kier molecular flexibility index (Phi) is 3.58. The van der Waals surface area contributed by atoms with E-state index < -0.39 is 5.97 Å². The quantitative estimate of drug-likeness (QED) is 0.761. The van der Waals surface area contributed by atoms with Gasteiger partial charge in [-0.15, -0.1) is 0 Å². The number of carboxylic acid groups (broad SMARTS) is 1. The van der Waals surface area contributed by atoms with Crippen molar-refractivity contribution in [2.45, 2.75) is 0 Å². The van der Waals surface area contributed by atoms with Crippen molar-refractivity contribution in [2.24, 2.45) is 0 Å². The monoisotopic (exact) mass is 343 g/mol. The van der Waals surface area contributed by atoms with E-state index in [0.717, 1.165) is 5.39 Å². The fourth-order valence-corrected chi connectivity index (χ4v) is 2.40. The molecule has 0 unspecified atom stereocenters. The van der Waals surface area contributed by atoms with Gasteiger partial charge in [-0.3, -0.25) is 4.98 Å². The van der Waals surface area contributed by atoms with Crippen LogP contribution >= 0.6 is 15.9 Å². The van der Waals surface area contributed by atoms with Crippen LogP contribution in [0.25, 0.3) is 10.9 Å². The molecule has 3 aromatic rings. The summed E-state index contributed by atoms with van der Waals surface area (Å²) in [5, 5.41) is 10.2. The van der Waals surface area contributed by atoms with Crippen molar-refractivity contribution in [3.8, 4) is 11.5 Å². The molecular formula is C16H10BrNO3. The van der Waals surface area contributed by atoms with Crippen LogP contribution in [0.4, 0.5) is 0 Å². The molecule has 1 heterocycles. The van der Waals surface area contributed by atoms with Gasteiger partial charge in [0.1, 0.15) is 16.8 Å². The van der Waals surface area contributed by atoms with Crippen molar-refractivity contribution in [3.05, 3.63) is 64.8 Å². The Morgan fingerprint density at radius 3 is 2.71 bits per heavy atom. The number of pyridine rings is 1. The van der Waals surface area contributed by atoms with Crippen LogP contribution in [0.5, 0.6) is 11.5 Å². The molecule has 104 valence electrons. The first-order valence-electron chi connectivity index (χ1n) is 6.19. The average Bonchev–Trinajstić information content (AvgIpc) is 2.49. The number of halogens is 1. The standard InChI is InChI=1S/C16H10BrNO3/c17-11-6-7-13(12(9-11)16(19)20)21-14-5-1-3-10-4-2-8-18-15(10)14/h1-9H,(H,19,20). The lowest BCUT2D eigenvalue weighted by Gasteiger charge is -2.10. The Labute approximate surface area is 129 Å². The van der Waals surface area contributed by atoms with Crippen LogP contribution in [-0.4, -0.2) is 16.1 Å². The first-order valence-corrected chi connectivity index (χ1v) is 6.99. The highest BCUT2D eigenvalue weighted by Gasteiger charge is 2.14. The van der Waals surface area contributed by atoms with E-state index in [1.54, 1.807) is 24.4 Å². The second-order valence-electron chi connectivity index (χ2n) is 4.38. The molecule has 0 aliphatic rings. The summed E-state index contributed by atoms with van der Waals surface area (Å²) in [6.45, 7) is 0. The zero-order valence-electron chi connectivity index (χ0n) is 10.8. The smallest absolute Gasteiger partial charge is 0.339 e. The zero-order valence-corrected chi connectivity index (χ0v) is 12.4. The number of carboxylic acids is 1. The van der Waals surface area contributed by atoms with E-state index in [2.05, 4.69) is 20.9 Å². The number of nitrogens with zero attached hydrogens (tertiary/aromatic N) is 1. The van der Waals surface area contributed by atoms with Crippen LogP contribution in [0, 0.1) is 0 Å². The summed E-state index contributed by atoms with van der Waals surface area (Å²) >= 11 is 3.26. The molecule has 4 nitrogen and oxygen atoms in total. The van der Waals surface area contributed by atoms with Crippen molar-refractivity contribution in [3.63, 3.8) is 0 Å². The molecule has 0 bridgehead atoms. The van der Waals surface area contributed by atoms with Crippen molar-refractivity contribution >= 4 is 32.8 Å². The minimum absolute atomic E-state index is 0.0947. The summed E-state index contributed by atoms with van der Waals surface area (Å²) in [5.74, 6) is -0.235. The number of carbonyl (C=O) groups is 1. The van der Waals surface area contributed by atoms with Gasteiger partial charge >= 0.3 is 5.97 Å². The highest BCUT2D eigenvalue weighted by Crippen LogP contribution is 2.31.